The van der Waals surface area contributed by atoms with Crippen LogP contribution in [0.15, 0.2) is 32.7 Å². The van der Waals surface area contributed by atoms with Gasteiger partial charge >= 0.3 is 0 Å². The molecule has 2 aromatic rings. The highest BCUT2D eigenvalue weighted by Gasteiger charge is 2.15. The van der Waals surface area contributed by atoms with Gasteiger partial charge in [-0.3, -0.25) is 4.79 Å². The van der Waals surface area contributed by atoms with E-state index in [1.165, 1.54) is 19.1 Å². The van der Waals surface area contributed by atoms with Crippen molar-refractivity contribution in [2.45, 2.75) is 24.0 Å². The van der Waals surface area contributed by atoms with E-state index < -0.39 is 5.82 Å². The van der Waals surface area contributed by atoms with E-state index in [4.69, 9.17) is 4.42 Å². The number of rotatable bonds is 3. The smallest absolute Gasteiger partial charge is 0.281 e. The van der Waals surface area contributed by atoms with Gasteiger partial charge in [0.2, 0.25) is 5.89 Å². The fourth-order valence-corrected chi connectivity index (χ4v) is 2.27. The van der Waals surface area contributed by atoms with Gasteiger partial charge in [0.15, 0.2) is 5.78 Å². The Morgan fingerprint density at radius 1 is 1.41 bits per heavy atom. The van der Waals surface area contributed by atoms with Crippen LogP contribution in [0.1, 0.15) is 23.2 Å². The monoisotopic (exact) mass is 252 g/mol. The van der Waals surface area contributed by atoms with Crippen LogP contribution in [0.3, 0.4) is 0 Å². The zero-order valence-electron chi connectivity index (χ0n) is 9.23. The van der Waals surface area contributed by atoms with Crippen LogP contribution < -0.4 is 0 Å². The highest BCUT2D eigenvalue weighted by Crippen LogP contribution is 2.30. The van der Waals surface area contributed by atoms with Crippen molar-refractivity contribution in [1.82, 2.24) is 10.2 Å². The van der Waals surface area contributed by atoms with Gasteiger partial charge in [0.05, 0.1) is 5.56 Å². The normalized spacial score (nSPS) is 10.5. The number of aromatic nitrogens is 2. The molecule has 0 unspecified atom stereocenters. The van der Waals surface area contributed by atoms with E-state index in [2.05, 4.69) is 10.2 Å². The highest BCUT2D eigenvalue weighted by atomic mass is 32.2. The number of halogens is 1. The second kappa shape index (κ2) is 4.67. The van der Waals surface area contributed by atoms with Gasteiger partial charge in [-0.15, -0.1) is 10.2 Å². The van der Waals surface area contributed by atoms with Crippen LogP contribution in [-0.2, 0) is 0 Å². The van der Waals surface area contributed by atoms with E-state index in [1.807, 2.05) is 0 Å². The number of benzene rings is 1. The molecule has 1 aromatic heterocycles. The largest absolute Gasteiger partial charge is 0.416 e. The minimum atomic E-state index is -0.543. The average molecular weight is 252 g/mol. The zero-order valence-corrected chi connectivity index (χ0v) is 10.0. The molecule has 2 rings (SSSR count). The van der Waals surface area contributed by atoms with Crippen molar-refractivity contribution < 1.29 is 13.6 Å². The molecular weight excluding hydrogens is 243 g/mol. The fourth-order valence-electron chi connectivity index (χ4n) is 1.34. The van der Waals surface area contributed by atoms with Gasteiger partial charge in [-0.2, -0.15) is 0 Å². The second-order valence-electron chi connectivity index (χ2n) is 3.36. The third-order valence-electron chi connectivity index (χ3n) is 2.03. The minimum absolute atomic E-state index is 0.0494. The number of hydrogen-bond acceptors (Lipinski definition) is 5. The molecule has 17 heavy (non-hydrogen) atoms. The molecule has 0 aliphatic carbocycles. The lowest BCUT2D eigenvalue weighted by Crippen LogP contribution is -1.99. The minimum Gasteiger partial charge on any atom is -0.416 e. The molecule has 1 aromatic carbocycles. The van der Waals surface area contributed by atoms with Crippen LogP contribution in [0.25, 0.3) is 0 Å². The van der Waals surface area contributed by atoms with Crippen molar-refractivity contribution >= 4 is 17.5 Å². The maximum atomic E-state index is 13.5. The third kappa shape index (κ3) is 2.52. The predicted molar refractivity (Wildman–Crippen MR) is 59.6 cm³/mol. The summed E-state index contributed by atoms with van der Waals surface area (Å²) in [6.07, 6.45) is 0. The number of carbonyl (C=O) groups is 1. The van der Waals surface area contributed by atoms with E-state index in [-0.39, 0.29) is 16.6 Å². The number of aryl methyl sites for hydroxylation is 1. The Hall–Kier alpha value is -1.69. The molecule has 0 aliphatic rings. The number of Topliss-reactive ketones (excluding diaryl/α,β-unsaturated/α-hetero) is 1. The topological polar surface area (TPSA) is 56.0 Å². The van der Waals surface area contributed by atoms with Crippen LogP contribution in [-0.4, -0.2) is 16.0 Å². The molecule has 0 atom stereocenters. The second-order valence-corrected chi connectivity index (χ2v) is 4.35. The average Bonchev–Trinajstić information content (AvgIpc) is 2.63. The Morgan fingerprint density at radius 3 is 2.76 bits per heavy atom. The van der Waals surface area contributed by atoms with E-state index in [1.54, 1.807) is 13.0 Å². The van der Waals surface area contributed by atoms with Crippen LogP contribution in [0.2, 0.25) is 0 Å². The third-order valence-corrected chi connectivity index (χ3v) is 2.93. The van der Waals surface area contributed by atoms with Crippen molar-refractivity contribution in [3.8, 4) is 0 Å². The van der Waals surface area contributed by atoms with Crippen molar-refractivity contribution in [1.29, 1.82) is 0 Å². The first kappa shape index (κ1) is 11.8. The van der Waals surface area contributed by atoms with Gasteiger partial charge in [-0.25, -0.2) is 4.39 Å². The van der Waals surface area contributed by atoms with Crippen LogP contribution >= 0.6 is 11.8 Å². The van der Waals surface area contributed by atoms with Crippen molar-refractivity contribution in [2.75, 3.05) is 0 Å². The Labute approximate surface area is 101 Å². The van der Waals surface area contributed by atoms with Crippen molar-refractivity contribution in [3.63, 3.8) is 0 Å². The van der Waals surface area contributed by atoms with E-state index >= 15 is 0 Å². The lowest BCUT2D eigenvalue weighted by Gasteiger charge is -2.04. The summed E-state index contributed by atoms with van der Waals surface area (Å²) in [6, 6.07) is 4.43. The number of ketones is 1. The summed E-state index contributed by atoms with van der Waals surface area (Å²) < 4.78 is 18.7. The molecule has 0 aliphatic heterocycles. The Balaban J connectivity index is 2.39. The molecule has 1 heterocycles. The van der Waals surface area contributed by atoms with Gasteiger partial charge in [0.25, 0.3) is 5.22 Å². The lowest BCUT2D eigenvalue weighted by molar-refractivity contribution is 0.101. The fraction of sp³-hybridized carbons (Fsp3) is 0.182. The highest BCUT2D eigenvalue weighted by molar-refractivity contribution is 7.99. The van der Waals surface area contributed by atoms with Gasteiger partial charge in [0.1, 0.15) is 5.82 Å². The van der Waals surface area contributed by atoms with Crippen molar-refractivity contribution in [3.05, 3.63) is 35.5 Å². The summed E-state index contributed by atoms with van der Waals surface area (Å²) >= 11 is 1.08. The lowest BCUT2D eigenvalue weighted by atomic mass is 10.1. The first-order valence-electron chi connectivity index (χ1n) is 4.85. The molecule has 6 heteroatoms. The molecule has 0 fully saturated rings. The summed E-state index contributed by atoms with van der Waals surface area (Å²) in [4.78, 5) is 11.8. The van der Waals surface area contributed by atoms with E-state index in [0.717, 1.165) is 11.8 Å². The molecule has 0 saturated carbocycles. The van der Waals surface area contributed by atoms with Crippen LogP contribution in [0, 0.1) is 12.7 Å². The molecule has 0 radical (unpaired) electrons. The first-order chi connectivity index (χ1) is 8.08. The van der Waals surface area contributed by atoms with Gasteiger partial charge in [0, 0.05) is 11.8 Å². The molecule has 0 bridgehead atoms. The van der Waals surface area contributed by atoms with Gasteiger partial charge in [-0.1, -0.05) is 6.07 Å². The quantitative estimate of drug-likeness (QED) is 0.786. The van der Waals surface area contributed by atoms with Crippen molar-refractivity contribution in [2.24, 2.45) is 0 Å². The molecule has 4 nitrogen and oxygen atoms in total. The summed E-state index contributed by atoms with van der Waals surface area (Å²) in [5.74, 6) is -0.450. The van der Waals surface area contributed by atoms with E-state index in [0.29, 0.717) is 10.8 Å². The van der Waals surface area contributed by atoms with Gasteiger partial charge in [-0.05, 0) is 30.8 Å². The maximum absolute atomic E-state index is 13.5. The SMILES string of the molecule is CC(=O)c1c(F)cccc1Sc1nnc(C)o1. The Bertz CT molecular complexity index is 568. The molecule has 0 spiro atoms. The summed E-state index contributed by atoms with van der Waals surface area (Å²) in [5.41, 5.74) is 0.0494. The summed E-state index contributed by atoms with van der Waals surface area (Å²) in [6.45, 7) is 2.98. The standard InChI is InChI=1S/C11H9FN2O2S/c1-6(15)10-8(12)4-3-5-9(10)17-11-14-13-7(2)16-11/h3-5H,1-2H3. The molecule has 88 valence electrons. The Morgan fingerprint density at radius 2 is 2.18 bits per heavy atom. The maximum Gasteiger partial charge on any atom is 0.281 e. The summed E-state index contributed by atoms with van der Waals surface area (Å²) in [5, 5.41) is 7.73. The molecule has 0 saturated heterocycles. The van der Waals surface area contributed by atoms with Crippen LogP contribution in [0.5, 0.6) is 0 Å². The first-order valence-corrected chi connectivity index (χ1v) is 5.67. The Kier molecular flexibility index (Phi) is 3.23. The van der Waals surface area contributed by atoms with Gasteiger partial charge < -0.3 is 4.42 Å². The molecule has 0 amide bonds. The molecular formula is C11H9FN2O2S. The van der Waals surface area contributed by atoms with E-state index in [9.17, 15) is 9.18 Å². The number of hydrogen-bond donors (Lipinski definition) is 0. The number of nitrogens with zero attached hydrogens (tertiary/aromatic N) is 2. The molecule has 0 N–H and O–H groups in total. The predicted octanol–water partition coefficient (Wildman–Crippen LogP) is 2.87. The zero-order chi connectivity index (χ0) is 12.4. The van der Waals surface area contributed by atoms with Crippen LogP contribution in [0.4, 0.5) is 4.39 Å². The number of carbonyl (C=O) groups excluding carboxylic acids is 1. The summed E-state index contributed by atoms with van der Waals surface area (Å²) in [7, 11) is 0.